The van der Waals surface area contributed by atoms with Gasteiger partial charge in [0.2, 0.25) is 0 Å². The molecule has 0 aliphatic heterocycles. The molecule has 0 aromatic carbocycles. The van der Waals surface area contributed by atoms with Crippen molar-refractivity contribution in [1.29, 1.82) is 0 Å². The highest BCUT2D eigenvalue weighted by atomic mass is 32.1. The lowest BCUT2D eigenvalue weighted by Gasteiger charge is -2.02. The molecule has 0 saturated heterocycles. The zero-order chi connectivity index (χ0) is 12.1. The summed E-state index contributed by atoms with van der Waals surface area (Å²) in [6, 6.07) is 4.15. The molecule has 0 bridgehead atoms. The van der Waals surface area contributed by atoms with E-state index in [0.717, 1.165) is 12.0 Å². The van der Waals surface area contributed by atoms with Crippen LogP contribution in [0.2, 0.25) is 0 Å². The quantitative estimate of drug-likeness (QED) is 0.764. The Kier molecular flexibility index (Phi) is 4.20. The number of thiophene rings is 1. The highest BCUT2D eigenvalue weighted by molar-refractivity contribution is 7.13. The Balaban J connectivity index is 2.08. The Morgan fingerprint density at radius 2 is 2.24 bits per heavy atom. The zero-order valence-corrected chi connectivity index (χ0v) is 11.0. The summed E-state index contributed by atoms with van der Waals surface area (Å²) in [6.45, 7) is 2.23. The summed E-state index contributed by atoms with van der Waals surface area (Å²) >= 11 is 1.71. The molecule has 0 amide bonds. The normalized spacial score (nSPS) is 10.9. The Bertz CT molecular complexity index is 445. The molecule has 0 aliphatic rings. The second-order valence-electron chi connectivity index (χ2n) is 4.25. The minimum Gasteiger partial charge on any atom is -0.382 e. The fourth-order valence-electron chi connectivity index (χ4n) is 2.00. The van der Waals surface area contributed by atoms with Gasteiger partial charge in [-0.2, -0.15) is 5.10 Å². The van der Waals surface area contributed by atoms with Crippen LogP contribution in [0.5, 0.6) is 0 Å². The van der Waals surface area contributed by atoms with E-state index in [1.165, 1.54) is 36.3 Å². The zero-order valence-electron chi connectivity index (χ0n) is 10.2. The lowest BCUT2D eigenvalue weighted by Crippen LogP contribution is -1.90. The largest absolute Gasteiger partial charge is 0.382 e. The van der Waals surface area contributed by atoms with E-state index in [1.54, 1.807) is 11.3 Å². The van der Waals surface area contributed by atoms with Gasteiger partial charge in [-0.1, -0.05) is 32.3 Å². The van der Waals surface area contributed by atoms with Crippen molar-refractivity contribution in [3.63, 3.8) is 0 Å². The second-order valence-corrected chi connectivity index (χ2v) is 5.20. The van der Waals surface area contributed by atoms with Crippen molar-refractivity contribution in [2.45, 2.75) is 39.0 Å². The SMILES string of the molecule is CCCCCCc1[nH]nc(N)c1-c1cccs1. The molecular formula is C13H19N3S. The first-order valence-electron chi connectivity index (χ1n) is 6.19. The number of H-pyrrole nitrogens is 1. The highest BCUT2D eigenvalue weighted by Crippen LogP contribution is 2.32. The van der Waals surface area contributed by atoms with Crippen LogP contribution in [-0.4, -0.2) is 10.2 Å². The summed E-state index contributed by atoms with van der Waals surface area (Å²) in [5, 5.41) is 9.27. The molecule has 0 unspecified atom stereocenters. The number of aromatic amines is 1. The van der Waals surface area contributed by atoms with E-state index in [2.05, 4.69) is 28.6 Å². The highest BCUT2D eigenvalue weighted by Gasteiger charge is 2.13. The number of nitrogens with one attached hydrogen (secondary N) is 1. The van der Waals surface area contributed by atoms with Crippen LogP contribution < -0.4 is 5.73 Å². The van der Waals surface area contributed by atoms with Gasteiger partial charge in [-0.25, -0.2) is 0 Å². The Morgan fingerprint density at radius 1 is 1.35 bits per heavy atom. The molecule has 2 aromatic heterocycles. The van der Waals surface area contributed by atoms with Crippen molar-refractivity contribution in [1.82, 2.24) is 10.2 Å². The number of aryl methyl sites for hydroxylation is 1. The van der Waals surface area contributed by atoms with Gasteiger partial charge in [0.15, 0.2) is 5.82 Å². The van der Waals surface area contributed by atoms with Crippen LogP contribution in [0.3, 0.4) is 0 Å². The van der Waals surface area contributed by atoms with Crippen molar-refractivity contribution in [2.75, 3.05) is 5.73 Å². The summed E-state index contributed by atoms with van der Waals surface area (Å²) in [7, 11) is 0. The summed E-state index contributed by atoms with van der Waals surface area (Å²) in [6.07, 6.45) is 6.09. The van der Waals surface area contributed by atoms with Gasteiger partial charge in [-0.3, -0.25) is 5.10 Å². The molecule has 0 fully saturated rings. The first-order valence-corrected chi connectivity index (χ1v) is 7.07. The first-order chi connectivity index (χ1) is 8.33. The number of unbranched alkanes of at least 4 members (excludes halogenated alkanes) is 3. The topological polar surface area (TPSA) is 54.7 Å². The molecule has 2 aromatic rings. The van der Waals surface area contributed by atoms with Gasteiger partial charge in [0.05, 0.1) is 5.56 Å². The monoisotopic (exact) mass is 249 g/mol. The average Bonchev–Trinajstić information content (AvgIpc) is 2.94. The molecule has 0 saturated carbocycles. The maximum Gasteiger partial charge on any atom is 0.154 e. The van der Waals surface area contributed by atoms with Crippen LogP contribution in [0.4, 0.5) is 5.82 Å². The minimum absolute atomic E-state index is 0.623. The predicted octanol–water partition coefficient (Wildman–Crippen LogP) is 3.84. The number of nitrogens with zero attached hydrogens (tertiary/aromatic N) is 1. The first kappa shape index (κ1) is 12.2. The number of hydrogen-bond acceptors (Lipinski definition) is 3. The summed E-state index contributed by atoms with van der Waals surface area (Å²) in [5.74, 6) is 0.623. The van der Waals surface area contributed by atoms with Crippen molar-refractivity contribution in [2.24, 2.45) is 0 Å². The van der Waals surface area contributed by atoms with Crippen LogP contribution in [0.1, 0.15) is 38.3 Å². The Hall–Kier alpha value is -1.29. The van der Waals surface area contributed by atoms with Crippen molar-refractivity contribution < 1.29 is 0 Å². The van der Waals surface area contributed by atoms with Crippen LogP contribution >= 0.6 is 11.3 Å². The van der Waals surface area contributed by atoms with Crippen molar-refractivity contribution in [3.05, 3.63) is 23.2 Å². The van der Waals surface area contributed by atoms with Crippen LogP contribution in [0, 0.1) is 0 Å². The molecule has 92 valence electrons. The Labute approximate surface area is 106 Å². The maximum atomic E-state index is 5.93. The number of aromatic nitrogens is 2. The summed E-state index contributed by atoms with van der Waals surface area (Å²) in [4.78, 5) is 1.21. The Morgan fingerprint density at radius 3 is 2.94 bits per heavy atom. The van der Waals surface area contributed by atoms with Gasteiger partial charge in [-0.15, -0.1) is 11.3 Å². The van der Waals surface area contributed by atoms with E-state index in [9.17, 15) is 0 Å². The van der Waals surface area contributed by atoms with E-state index >= 15 is 0 Å². The molecule has 17 heavy (non-hydrogen) atoms. The number of hydrogen-bond donors (Lipinski definition) is 2. The fraction of sp³-hybridized carbons (Fsp3) is 0.462. The number of nitrogens with two attached hydrogens (primary N) is 1. The van der Waals surface area contributed by atoms with Crippen molar-refractivity contribution >= 4 is 17.2 Å². The molecule has 3 nitrogen and oxygen atoms in total. The number of anilines is 1. The molecule has 3 N–H and O–H groups in total. The molecule has 0 spiro atoms. The molecule has 2 heterocycles. The molecule has 4 heteroatoms. The van der Waals surface area contributed by atoms with Gasteiger partial charge in [0, 0.05) is 10.6 Å². The predicted molar refractivity (Wildman–Crippen MR) is 74.2 cm³/mol. The van der Waals surface area contributed by atoms with Gasteiger partial charge in [0.25, 0.3) is 0 Å². The average molecular weight is 249 g/mol. The van der Waals surface area contributed by atoms with Gasteiger partial charge >= 0.3 is 0 Å². The smallest absolute Gasteiger partial charge is 0.154 e. The van der Waals surface area contributed by atoms with Crippen LogP contribution in [0.15, 0.2) is 17.5 Å². The molecule has 0 aliphatic carbocycles. The van der Waals surface area contributed by atoms with Crippen LogP contribution in [0.25, 0.3) is 10.4 Å². The standard InChI is InChI=1S/C13H19N3S/c1-2-3-4-5-7-10-12(13(14)16-15-10)11-8-6-9-17-11/h6,8-9H,2-5,7H2,1H3,(H3,14,15,16). The molecule has 2 rings (SSSR count). The second kappa shape index (κ2) is 5.87. The number of rotatable bonds is 6. The fourth-order valence-corrected chi connectivity index (χ4v) is 2.81. The van der Waals surface area contributed by atoms with Crippen LogP contribution in [-0.2, 0) is 6.42 Å². The van der Waals surface area contributed by atoms with E-state index in [0.29, 0.717) is 5.82 Å². The van der Waals surface area contributed by atoms with Gasteiger partial charge in [-0.05, 0) is 24.3 Å². The lowest BCUT2D eigenvalue weighted by atomic mass is 10.1. The summed E-state index contributed by atoms with van der Waals surface area (Å²) < 4.78 is 0. The van der Waals surface area contributed by atoms with Gasteiger partial charge < -0.3 is 5.73 Å². The minimum atomic E-state index is 0.623. The third-order valence-corrected chi connectivity index (χ3v) is 3.80. The third-order valence-electron chi connectivity index (χ3n) is 2.92. The lowest BCUT2D eigenvalue weighted by molar-refractivity contribution is 0.660. The van der Waals surface area contributed by atoms with E-state index in [1.807, 2.05) is 6.07 Å². The van der Waals surface area contributed by atoms with E-state index in [-0.39, 0.29) is 0 Å². The van der Waals surface area contributed by atoms with E-state index < -0.39 is 0 Å². The van der Waals surface area contributed by atoms with Gasteiger partial charge in [0.1, 0.15) is 0 Å². The molecule has 0 radical (unpaired) electrons. The van der Waals surface area contributed by atoms with E-state index in [4.69, 9.17) is 5.73 Å². The van der Waals surface area contributed by atoms with Crippen molar-refractivity contribution in [3.8, 4) is 10.4 Å². The maximum absolute atomic E-state index is 5.93. The number of nitrogen functional groups attached to an aromatic ring is 1. The molecule has 0 atom stereocenters. The summed E-state index contributed by atoms with van der Waals surface area (Å²) in [5.41, 5.74) is 8.22. The third kappa shape index (κ3) is 2.88. The molecular weight excluding hydrogens is 230 g/mol.